The van der Waals surface area contributed by atoms with E-state index in [2.05, 4.69) is 37.3 Å². The van der Waals surface area contributed by atoms with Gasteiger partial charge in [0, 0.05) is 47.6 Å². The maximum atomic E-state index is 13.2. The van der Waals surface area contributed by atoms with E-state index in [-0.39, 0.29) is 36.9 Å². The van der Waals surface area contributed by atoms with E-state index in [9.17, 15) is 30.7 Å². The molecule has 0 aliphatic rings. The summed E-state index contributed by atoms with van der Waals surface area (Å²) in [6, 6.07) is 24.8. The van der Waals surface area contributed by atoms with Crippen LogP contribution in [-0.2, 0) is 26.3 Å². The van der Waals surface area contributed by atoms with Crippen LogP contribution in [0.25, 0.3) is 33.9 Å². The van der Waals surface area contributed by atoms with Crippen LogP contribution in [0.4, 0.5) is 30.7 Å². The first-order chi connectivity index (χ1) is 20.6. The second kappa shape index (κ2) is 15.6. The molecule has 0 unspecified atom stereocenters. The monoisotopic (exact) mass is 785 g/mol. The Morgan fingerprint density at radius 1 is 0.591 bits per heavy atom. The van der Waals surface area contributed by atoms with Gasteiger partial charge in [-0.3, -0.25) is 22.5 Å². The predicted molar refractivity (Wildman–Crippen MR) is 143 cm³/mol. The fraction of sp³-hybridized carbons (Fsp3) is 0.0323. The summed E-state index contributed by atoms with van der Waals surface area (Å²) in [6.07, 6.45) is 0.120. The molecule has 0 amide bonds. The molecule has 4 aromatic heterocycles. The van der Waals surface area contributed by atoms with Crippen molar-refractivity contribution < 1.29 is 50.8 Å². The molecule has 0 atom stereocenters. The van der Waals surface area contributed by atoms with Crippen LogP contribution in [0.1, 0.15) is 5.69 Å². The van der Waals surface area contributed by atoms with Crippen molar-refractivity contribution in [3.8, 4) is 33.9 Å². The summed E-state index contributed by atoms with van der Waals surface area (Å²) in [6.45, 7) is 0. The van der Waals surface area contributed by atoms with Gasteiger partial charge in [0.15, 0.2) is 0 Å². The number of alkyl halides is 3. The van der Waals surface area contributed by atoms with Gasteiger partial charge in [0.05, 0.1) is 0 Å². The molecule has 13 heteroatoms. The molecule has 6 aromatic rings. The summed E-state index contributed by atoms with van der Waals surface area (Å²) in [5.74, 6) is -2.57. The Kier molecular flexibility index (Phi) is 12.0. The summed E-state index contributed by atoms with van der Waals surface area (Å²) >= 11 is 0. The molecule has 0 N–H and O–H groups in total. The molecule has 224 valence electrons. The van der Waals surface area contributed by atoms with E-state index in [1.54, 1.807) is 67.0 Å². The maximum Gasteiger partial charge on any atom is 3.00 e. The molecule has 5 nitrogen and oxygen atoms in total. The molecule has 0 saturated heterocycles. The second-order valence-electron chi connectivity index (χ2n) is 8.34. The van der Waals surface area contributed by atoms with Crippen molar-refractivity contribution in [2.45, 2.75) is 6.18 Å². The van der Waals surface area contributed by atoms with Crippen LogP contribution in [0.3, 0.4) is 0 Å². The molecule has 0 radical (unpaired) electrons. The zero-order valence-corrected chi connectivity index (χ0v) is 24.4. The molecule has 0 aliphatic carbocycles. The quantitative estimate of drug-likeness (QED) is 0.136. The van der Waals surface area contributed by atoms with Gasteiger partial charge in [0.1, 0.15) is 5.69 Å². The van der Waals surface area contributed by atoms with Gasteiger partial charge in [-0.25, -0.2) is 0 Å². The van der Waals surface area contributed by atoms with Gasteiger partial charge in [-0.2, -0.15) is 13.2 Å². The van der Waals surface area contributed by atoms with E-state index in [1.807, 2.05) is 0 Å². The van der Waals surface area contributed by atoms with Crippen molar-refractivity contribution in [2.75, 3.05) is 0 Å². The zero-order valence-electron chi connectivity index (χ0n) is 22.0. The molecular weight excluding hydrogens is 768 g/mol. The Balaban J connectivity index is 0.000000178. The van der Waals surface area contributed by atoms with Gasteiger partial charge in [0.25, 0.3) is 0 Å². The van der Waals surface area contributed by atoms with Crippen LogP contribution in [0, 0.1) is 35.4 Å². The summed E-state index contributed by atoms with van der Waals surface area (Å²) in [5, 5.41) is 6.47. The van der Waals surface area contributed by atoms with Crippen LogP contribution in [0.2, 0.25) is 0 Å². The summed E-state index contributed by atoms with van der Waals surface area (Å²) in [7, 11) is 0. The third kappa shape index (κ3) is 9.38. The molecule has 0 bridgehead atoms. The average Bonchev–Trinajstić information content (AvgIpc) is 3.51. The van der Waals surface area contributed by atoms with Crippen LogP contribution in [0.5, 0.6) is 0 Å². The molecular formula is C31H17F7IrN5. The minimum absolute atomic E-state index is 0. The number of rotatable bonds is 3. The standard InChI is InChI=1S/2C11H6F2N.C9H5F3N3.Ir/c2*12-8-4-5-9(10(13)7-8)11-3-1-2-6-14-11;10-9(11,12)8-5-7(14-15-8)6-3-1-2-4-13-6;/h2*1-4,6-7H;1-5H;/q3*-1;+3. The smallest absolute Gasteiger partial charge is 0.573 e. The maximum absolute atomic E-state index is 13.2. The van der Waals surface area contributed by atoms with E-state index in [0.29, 0.717) is 17.1 Å². The van der Waals surface area contributed by atoms with Gasteiger partial charge in [0.2, 0.25) is 0 Å². The van der Waals surface area contributed by atoms with Crippen LogP contribution in [-0.4, -0.2) is 20.1 Å². The largest absolute Gasteiger partial charge is 3.00 e. The third-order valence-electron chi connectivity index (χ3n) is 5.31. The first kappa shape index (κ1) is 33.8. The van der Waals surface area contributed by atoms with E-state index in [1.165, 1.54) is 6.20 Å². The first-order valence-electron chi connectivity index (χ1n) is 12.2. The van der Waals surface area contributed by atoms with Gasteiger partial charge in [-0.1, -0.05) is 59.3 Å². The van der Waals surface area contributed by atoms with Crippen molar-refractivity contribution in [3.05, 3.63) is 145 Å². The van der Waals surface area contributed by atoms with Crippen molar-refractivity contribution in [3.63, 3.8) is 0 Å². The number of pyridine rings is 3. The Bertz CT molecular complexity index is 1660. The molecule has 0 spiro atoms. The van der Waals surface area contributed by atoms with E-state index < -0.39 is 35.1 Å². The van der Waals surface area contributed by atoms with E-state index >= 15 is 0 Å². The fourth-order valence-corrected chi connectivity index (χ4v) is 3.38. The minimum Gasteiger partial charge on any atom is -0.573 e. The number of nitrogens with zero attached hydrogens (tertiary/aromatic N) is 5. The molecule has 6 rings (SSSR count). The zero-order chi connectivity index (χ0) is 30.8. The summed E-state index contributed by atoms with van der Waals surface area (Å²) in [5.41, 5.74) is 0.778. The van der Waals surface area contributed by atoms with Gasteiger partial charge in [-0.15, -0.1) is 24.3 Å². The van der Waals surface area contributed by atoms with Crippen molar-refractivity contribution in [1.82, 2.24) is 25.1 Å². The average molecular weight is 785 g/mol. The van der Waals surface area contributed by atoms with Gasteiger partial charge < -0.3 is 20.2 Å². The molecule has 44 heavy (non-hydrogen) atoms. The van der Waals surface area contributed by atoms with Crippen LogP contribution >= 0.6 is 0 Å². The molecule has 2 aromatic carbocycles. The Hall–Kier alpha value is -4.74. The number of halogens is 7. The van der Waals surface area contributed by atoms with Crippen molar-refractivity contribution in [2.24, 2.45) is 0 Å². The topological polar surface area (TPSA) is 65.7 Å². The SMILES string of the molecule is FC(F)(F)c1cc(-c2ccccn2)[n-]n1.Fc1c[c-]c(-c2ccccn2)c(F)c1.Fc1c[c-]c(-c2ccccn2)c(F)c1.[Ir+3]. The number of hydrogen-bond acceptors (Lipinski definition) is 4. The van der Waals surface area contributed by atoms with Gasteiger partial charge >= 0.3 is 26.3 Å². The molecule has 0 fully saturated rings. The molecule has 4 heterocycles. The summed E-state index contributed by atoms with van der Waals surface area (Å²) < 4.78 is 88.2. The predicted octanol–water partition coefficient (Wildman–Crippen LogP) is 7.77. The third-order valence-corrected chi connectivity index (χ3v) is 5.31. The van der Waals surface area contributed by atoms with Crippen LogP contribution < -0.4 is 5.10 Å². The van der Waals surface area contributed by atoms with Crippen molar-refractivity contribution >= 4 is 0 Å². The summed E-state index contributed by atoms with van der Waals surface area (Å²) in [4.78, 5) is 11.8. The minimum atomic E-state index is -4.46. The fourth-order valence-electron chi connectivity index (χ4n) is 3.38. The second-order valence-corrected chi connectivity index (χ2v) is 8.34. The van der Waals surface area contributed by atoms with Gasteiger partial charge in [-0.05, 0) is 41.7 Å². The number of hydrogen-bond donors (Lipinski definition) is 0. The first-order valence-corrected chi connectivity index (χ1v) is 12.2. The Labute approximate surface area is 260 Å². The number of benzene rings is 2. The Morgan fingerprint density at radius 3 is 1.36 bits per heavy atom. The van der Waals surface area contributed by atoms with E-state index in [4.69, 9.17) is 0 Å². The molecule has 0 saturated carbocycles. The number of aromatic nitrogens is 5. The molecule has 0 aliphatic heterocycles. The Morgan fingerprint density at radius 2 is 1.02 bits per heavy atom. The normalized spacial score (nSPS) is 10.4. The van der Waals surface area contributed by atoms with Crippen molar-refractivity contribution in [1.29, 1.82) is 0 Å². The van der Waals surface area contributed by atoms with E-state index in [0.717, 1.165) is 30.3 Å². The van der Waals surface area contributed by atoms with Crippen LogP contribution in [0.15, 0.2) is 104 Å².